The Morgan fingerprint density at radius 2 is 2.00 bits per heavy atom. The largest absolute Gasteiger partial charge is 0.339 e. The van der Waals surface area contributed by atoms with E-state index in [1.165, 1.54) is 0 Å². The van der Waals surface area contributed by atoms with Crippen molar-refractivity contribution in [2.75, 3.05) is 44.2 Å². The van der Waals surface area contributed by atoms with Crippen LogP contribution in [0.4, 0.5) is 5.95 Å². The van der Waals surface area contributed by atoms with Crippen molar-refractivity contribution >= 4 is 11.9 Å². The van der Waals surface area contributed by atoms with Gasteiger partial charge in [0.05, 0.1) is 0 Å². The molecule has 2 rings (SSSR count). The second-order valence-corrected chi connectivity index (χ2v) is 4.66. The fraction of sp³-hybridized carbons (Fsp3) is 0.500. The number of amides is 1. The predicted molar refractivity (Wildman–Crippen MR) is 78.5 cm³/mol. The van der Waals surface area contributed by atoms with Crippen LogP contribution in [-0.2, 0) is 4.79 Å². The molecule has 1 N–H and O–H groups in total. The summed E-state index contributed by atoms with van der Waals surface area (Å²) in [6.45, 7) is 8.12. The van der Waals surface area contributed by atoms with E-state index in [1.807, 2.05) is 4.90 Å². The van der Waals surface area contributed by atoms with Gasteiger partial charge in [-0.15, -0.1) is 6.58 Å². The molecule has 0 atom stereocenters. The Kier molecular flexibility index (Phi) is 5.49. The molecule has 0 saturated carbocycles. The lowest BCUT2D eigenvalue weighted by Gasteiger charge is -2.34. The van der Waals surface area contributed by atoms with E-state index in [-0.39, 0.29) is 5.91 Å². The first-order valence-corrected chi connectivity index (χ1v) is 6.92. The van der Waals surface area contributed by atoms with Gasteiger partial charge in [0.2, 0.25) is 11.9 Å². The van der Waals surface area contributed by atoms with Crippen LogP contribution in [0.2, 0.25) is 0 Å². The maximum Gasteiger partial charge on any atom is 0.225 e. The summed E-state index contributed by atoms with van der Waals surface area (Å²) in [4.78, 5) is 24.5. The zero-order valence-electron chi connectivity index (χ0n) is 11.7. The van der Waals surface area contributed by atoms with Crippen molar-refractivity contribution in [3.05, 3.63) is 31.1 Å². The monoisotopic (exact) mass is 275 g/mol. The van der Waals surface area contributed by atoms with Gasteiger partial charge in [-0.05, 0) is 6.07 Å². The highest BCUT2D eigenvalue weighted by Crippen LogP contribution is 2.10. The number of carbonyl (C=O) groups excluding carboxylic acids is 1. The fourth-order valence-corrected chi connectivity index (χ4v) is 2.17. The number of nitrogens with one attached hydrogen (secondary N) is 1. The second kappa shape index (κ2) is 7.59. The molecule has 0 radical (unpaired) electrons. The zero-order valence-corrected chi connectivity index (χ0v) is 11.7. The quantitative estimate of drug-likeness (QED) is 0.597. The zero-order chi connectivity index (χ0) is 14.2. The maximum atomic E-state index is 12.0. The average Bonchev–Trinajstić information content (AvgIpc) is 2.52. The van der Waals surface area contributed by atoms with Gasteiger partial charge in [0, 0.05) is 58.1 Å². The van der Waals surface area contributed by atoms with E-state index in [9.17, 15) is 4.79 Å². The van der Waals surface area contributed by atoms with Gasteiger partial charge in [0.25, 0.3) is 0 Å². The molecule has 1 fully saturated rings. The van der Waals surface area contributed by atoms with E-state index in [4.69, 9.17) is 0 Å². The van der Waals surface area contributed by atoms with Crippen molar-refractivity contribution < 1.29 is 4.79 Å². The number of nitrogens with zero attached hydrogens (tertiary/aromatic N) is 4. The molecule has 1 aliphatic rings. The van der Waals surface area contributed by atoms with Gasteiger partial charge < -0.3 is 15.1 Å². The minimum atomic E-state index is 0.204. The molecule has 0 spiro atoms. The first-order chi connectivity index (χ1) is 9.81. The molecule has 1 aromatic rings. The first-order valence-electron chi connectivity index (χ1n) is 6.92. The lowest BCUT2D eigenvalue weighted by Crippen LogP contribution is -2.49. The summed E-state index contributed by atoms with van der Waals surface area (Å²) in [7, 11) is 0. The number of anilines is 1. The van der Waals surface area contributed by atoms with Crippen LogP contribution in [0.5, 0.6) is 0 Å². The number of piperazine rings is 1. The van der Waals surface area contributed by atoms with Gasteiger partial charge in [-0.1, -0.05) is 6.08 Å². The van der Waals surface area contributed by atoms with Crippen LogP contribution in [0.15, 0.2) is 31.1 Å². The van der Waals surface area contributed by atoms with Crippen LogP contribution < -0.4 is 10.2 Å². The Hall–Kier alpha value is -1.95. The van der Waals surface area contributed by atoms with E-state index < -0.39 is 0 Å². The van der Waals surface area contributed by atoms with E-state index in [2.05, 4.69) is 26.8 Å². The third-order valence-corrected chi connectivity index (χ3v) is 3.27. The smallest absolute Gasteiger partial charge is 0.225 e. The van der Waals surface area contributed by atoms with Gasteiger partial charge in [-0.25, -0.2) is 9.97 Å². The van der Waals surface area contributed by atoms with Crippen molar-refractivity contribution in [1.29, 1.82) is 0 Å². The molecule has 0 aromatic carbocycles. The summed E-state index contributed by atoms with van der Waals surface area (Å²) in [5.41, 5.74) is 0. The summed E-state index contributed by atoms with van der Waals surface area (Å²) >= 11 is 0. The first kappa shape index (κ1) is 14.5. The lowest BCUT2D eigenvalue weighted by molar-refractivity contribution is -0.131. The molecular formula is C14H21N5O. The molecule has 20 heavy (non-hydrogen) atoms. The Balaban J connectivity index is 1.73. The topological polar surface area (TPSA) is 61.4 Å². The van der Waals surface area contributed by atoms with Crippen LogP contribution in [0, 0.1) is 0 Å². The average molecular weight is 275 g/mol. The van der Waals surface area contributed by atoms with E-state index in [0.717, 1.165) is 38.7 Å². The van der Waals surface area contributed by atoms with Gasteiger partial charge in [-0.2, -0.15) is 0 Å². The van der Waals surface area contributed by atoms with Crippen molar-refractivity contribution in [1.82, 2.24) is 20.2 Å². The molecule has 108 valence electrons. The van der Waals surface area contributed by atoms with Crippen LogP contribution in [0.25, 0.3) is 0 Å². The van der Waals surface area contributed by atoms with Gasteiger partial charge in [0.15, 0.2) is 0 Å². The van der Waals surface area contributed by atoms with Crippen molar-refractivity contribution in [3.63, 3.8) is 0 Å². The number of carbonyl (C=O) groups is 1. The Labute approximate surface area is 119 Å². The number of hydrogen-bond donors (Lipinski definition) is 1. The molecule has 1 amide bonds. The van der Waals surface area contributed by atoms with E-state index >= 15 is 0 Å². The minimum absolute atomic E-state index is 0.204. The standard InChI is InChI=1S/C14H21N5O/c1-2-5-15-8-4-13(20)18-9-11-19(12-10-18)14-16-6-3-7-17-14/h2-3,6-7,15H,1,4-5,8-12H2. The molecule has 0 bridgehead atoms. The summed E-state index contributed by atoms with van der Waals surface area (Å²) in [6.07, 6.45) is 5.81. The predicted octanol–water partition coefficient (Wildman–Crippen LogP) is 0.291. The van der Waals surface area contributed by atoms with Gasteiger partial charge >= 0.3 is 0 Å². The summed E-state index contributed by atoms with van der Waals surface area (Å²) in [5.74, 6) is 0.947. The Morgan fingerprint density at radius 1 is 1.30 bits per heavy atom. The SMILES string of the molecule is C=CCNCCC(=O)N1CCN(c2ncccn2)CC1. The van der Waals surface area contributed by atoms with Gasteiger partial charge in [-0.3, -0.25) is 4.79 Å². The number of hydrogen-bond acceptors (Lipinski definition) is 5. The van der Waals surface area contributed by atoms with Crippen molar-refractivity contribution in [2.45, 2.75) is 6.42 Å². The molecule has 0 aliphatic carbocycles. The molecule has 6 nitrogen and oxygen atoms in total. The van der Waals surface area contributed by atoms with E-state index in [0.29, 0.717) is 13.0 Å². The third kappa shape index (κ3) is 4.03. The molecular weight excluding hydrogens is 254 g/mol. The van der Waals surface area contributed by atoms with Crippen LogP contribution in [0.1, 0.15) is 6.42 Å². The summed E-state index contributed by atoms with van der Waals surface area (Å²) in [6, 6.07) is 1.81. The maximum absolute atomic E-state index is 12.0. The molecule has 0 unspecified atom stereocenters. The minimum Gasteiger partial charge on any atom is -0.339 e. The Morgan fingerprint density at radius 3 is 2.65 bits per heavy atom. The summed E-state index contributed by atoms with van der Waals surface area (Å²) in [5, 5.41) is 3.14. The van der Waals surface area contributed by atoms with Crippen molar-refractivity contribution in [2.24, 2.45) is 0 Å². The summed E-state index contributed by atoms with van der Waals surface area (Å²) < 4.78 is 0. The fourth-order valence-electron chi connectivity index (χ4n) is 2.17. The van der Waals surface area contributed by atoms with Crippen molar-refractivity contribution in [3.8, 4) is 0 Å². The van der Waals surface area contributed by atoms with Crippen LogP contribution >= 0.6 is 0 Å². The normalized spacial score (nSPS) is 15.2. The molecule has 2 heterocycles. The molecule has 1 aliphatic heterocycles. The van der Waals surface area contributed by atoms with Gasteiger partial charge in [0.1, 0.15) is 0 Å². The van der Waals surface area contributed by atoms with E-state index in [1.54, 1.807) is 24.5 Å². The molecule has 1 saturated heterocycles. The third-order valence-electron chi connectivity index (χ3n) is 3.27. The van der Waals surface area contributed by atoms with Crippen LogP contribution in [0.3, 0.4) is 0 Å². The highest BCUT2D eigenvalue weighted by Gasteiger charge is 2.21. The highest BCUT2D eigenvalue weighted by molar-refractivity contribution is 5.76. The molecule has 1 aromatic heterocycles. The highest BCUT2D eigenvalue weighted by atomic mass is 16.2. The number of aromatic nitrogens is 2. The lowest BCUT2D eigenvalue weighted by atomic mass is 10.3. The number of rotatable bonds is 6. The second-order valence-electron chi connectivity index (χ2n) is 4.66. The molecule has 6 heteroatoms. The Bertz CT molecular complexity index is 428. The van der Waals surface area contributed by atoms with Crippen LogP contribution in [-0.4, -0.2) is 60.0 Å².